The van der Waals surface area contributed by atoms with Gasteiger partial charge in [-0.05, 0) is 29.9 Å². The molecule has 0 bridgehead atoms. The number of benzene rings is 1. The van der Waals surface area contributed by atoms with Crippen molar-refractivity contribution in [3.63, 3.8) is 0 Å². The summed E-state index contributed by atoms with van der Waals surface area (Å²) in [5, 5.41) is 10.8. The Morgan fingerprint density at radius 1 is 1.53 bits per heavy atom. The molecule has 15 heavy (non-hydrogen) atoms. The van der Waals surface area contributed by atoms with Crippen LogP contribution >= 0.6 is 11.8 Å². The van der Waals surface area contributed by atoms with Crippen molar-refractivity contribution in [2.45, 2.75) is 24.2 Å². The van der Waals surface area contributed by atoms with E-state index in [1.165, 1.54) is 0 Å². The molecule has 1 saturated heterocycles. The molecule has 0 spiro atoms. The van der Waals surface area contributed by atoms with E-state index in [1.54, 1.807) is 7.11 Å². The highest BCUT2D eigenvalue weighted by Crippen LogP contribution is 2.43. The van der Waals surface area contributed by atoms with E-state index in [-0.39, 0.29) is 5.25 Å². The Morgan fingerprint density at radius 3 is 2.93 bits per heavy atom. The predicted molar refractivity (Wildman–Crippen MR) is 63.4 cm³/mol. The molecule has 0 unspecified atom stereocenters. The van der Waals surface area contributed by atoms with Crippen molar-refractivity contribution in [2.24, 2.45) is 0 Å². The summed E-state index contributed by atoms with van der Waals surface area (Å²) in [5.74, 6) is 1.83. The third-order valence-corrected chi connectivity index (χ3v) is 4.42. The molecule has 1 aliphatic rings. The van der Waals surface area contributed by atoms with Crippen molar-refractivity contribution in [2.75, 3.05) is 12.9 Å². The summed E-state index contributed by atoms with van der Waals surface area (Å²) in [5.41, 5.74) is 0.290. The summed E-state index contributed by atoms with van der Waals surface area (Å²) in [6.45, 7) is 2.08. The van der Waals surface area contributed by atoms with Gasteiger partial charge in [0.05, 0.1) is 7.11 Å². The van der Waals surface area contributed by atoms with Crippen molar-refractivity contribution < 1.29 is 9.84 Å². The third-order valence-electron chi connectivity index (χ3n) is 3.09. The molecular weight excluding hydrogens is 208 g/mol. The summed E-state index contributed by atoms with van der Waals surface area (Å²) in [6.07, 6.45) is 0.825. The highest BCUT2D eigenvalue weighted by atomic mass is 32.2. The molecule has 2 atom stereocenters. The zero-order chi connectivity index (χ0) is 10.9. The SMILES string of the molecule is COc1cccc([C@]2(O)CCS[C@H]2C)c1. The van der Waals surface area contributed by atoms with E-state index in [0.717, 1.165) is 23.5 Å². The lowest BCUT2D eigenvalue weighted by Crippen LogP contribution is -2.31. The van der Waals surface area contributed by atoms with Crippen LogP contribution in [0.15, 0.2) is 24.3 Å². The molecule has 2 rings (SSSR count). The summed E-state index contributed by atoms with van der Waals surface area (Å²) >= 11 is 1.82. The lowest BCUT2D eigenvalue weighted by atomic mass is 9.88. The highest BCUT2D eigenvalue weighted by molar-refractivity contribution is 8.00. The van der Waals surface area contributed by atoms with E-state index in [0.29, 0.717) is 0 Å². The Balaban J connectivity index is 2.35. The van der Waals surface area contributed by atoms with Crippen molar-refractivity contribution in [3.8, 4) is 5.75 Å². The summed E-state index contributed by atoms with van der Waals surface area (Å²) in [4.78, 5) is 0. The first-order chi connectivity index (χ1) is 7.16. The molecule has 1 aliphatic heterocycles. The molecule has 82 valence electrons. The second-order valence-electron chi connectivity index (χ2n) is 3.92. The predicted octanol–water partition coefficient (Wildman–Crippen LogP) is 2.41. The summed E-state index contributed by atoms with van der Waals surface area (Å²) in [6, 6.07) is 7.74. The third kappa shape index (κ3) is 1.86. The summed E-state index contributed by atoms with van der Waals surface area (Å²) < 4.78 is 5.18. The Bertz CT molecular complexity index is 353. The van der Waals surface area contributed by atoms with Crippen LogP contribution in [0.25, 0.3) is 0 Å². The smallest absolute Gasteiger partial charge is 0.119 e. The van der Waals surface area contributed by atoms with Gasteiger partial charge in [0.25, 0.3) is 0 Å². The fraction of sp³-hybridized carbons (Fsp3) is 0.500. The Hall–Kier alpha value is -0.670. The van der Waals surface area contributed by atoms with Crippen LogP contribution < -0.4 is 4.74 Å². The van der Waals surface area contributed by atoms with E-state index in [2.05, 4.69) is 6.92 Å². The molecule has 0 aliphatic carbocycles. The molecule has 1 heterocycles. The quantitative estimate of drug-likeness (QED) is 0.836. The van der Waals surface area contributed by atoms with Gasteiger partial charge in [0.15, 0.2) is 0 Å². The van der Waals surface area contributed by atoms with Gasteiger partial charge in [0, 0.05) is 5.25 Å². The normalized spacial score (nSPS) is 30.5. The topological polar surface area (TPSA) is 29.5 Å². The number of hydrogen-bond donors (Lipinski definition) is 1. The minimum atomic E-state index is -0.681. The van der Waals surface area contributed by atoms with E-state index < -0.39 is 5.60 Å². The lowest BCUT2D eigenvalue weighted by Gasteiger charge is -2.27. The molecule has 1 N–H and O–H groups in total. The van der Waals surface area contributed by atoms with Gasteiger partial charge < -0.3 is 9.84 Å². The van der Waals surface area contributed by atoms with Gasteiger partial charge in [-0.15, -0.1) is 0 Å². The molecular formula is C12H16O2S. The van der Waals surface area contributed by atoms with Crippen LogP contribution in [-0.4, -0.2) is 23.2 Å². The minimum Gasteiger partial charge on any atom is -0.497 e. The van der Waals surface area contributed by atoms with Crippen LogP contribution in [0.4, 0.5) is 0 Å². The Labute approximate surface area is 94.6 Å². The van der Waals surface area contributed by atoms with Crippen LogP contribution in [-0.2, 0) is 5.60 Å². The zero-order valence-electron chi connectivity index (χ0n) is 9.06. The first kappa shape index (κ1) is 10.8. The van der Waals surface area contributed by atoms with Crippen LogP contribution in [0, 0.1) is 0 Å². The maximum atomic E-state index is 10.6. The maximum absolute atomic E-state index is 10.6. The monoisotopic (exact) mass is 224 g/mol. The van der Waals surface area contributed by atoms with Gasteiger partial charge in [0.1, 0.15) is 11.4 Å². The van der Waals surface area contributed by atoms with Gasteiger partial charge in [-0.1, -0.05) is 19.1 Å². The van der Waals surface area contributed by atoms with Gasteiger partial charge in [0.2, 0.25) is 0 Å². The van der Waals surface area contributed by atoms with Crippen molar-refractivity contribution in [3.05, 3.63) is 29.8 Å². The van der Waals surface area contributed by atoms with Gasteiger partial charge >= 0.3 is 0 Å². The molecule has 0 saturated carbocycles. The maximum Gasteiger partial charge on any atom is 0.119 e. The molecule has 3 heteroatoms. The summed E-state index contributed by atoms with van der Waals surface area (Å²) in [7, 11) is 1.65. The number of ether oxygens (including phenoxy) is 1. The minimum absolute atomic E-state index is 0.254. The van der Waals surface area contributed by atoms with Crippen LogP contribution in [0.3, 0.4) is 0 Å². The van der Waals surface area contributed by atoms with Gasteiger partial charge in [-0.3, -0.25) is 0 Å². The van der Waals surface area contributed by atoms with Crippen LogP contribution in [0.2, 0.25) is 0 Å². The van der Waals surface area contributed by atoms with Crippen molar-refractivity contribution in [1.82, 2.24) is 0 Å². The average Bonchev–Trinajstić information content (AvgIpc) is 2.61. The number of thioether (sulfide) groups is 1. The number of aliphatic hydroxyl groups is 1. The van der Waals surface area contributed by atoms with E-state index >= 15 is 0 Å². The van der Waals surface area contributed by atoms with E-state index in [9.17, 15) is 5.11 Å². The molecule has 1 aromatic rings. The standard InChI is InChI=1S/C12H16O2S/c1-9-12(13,6-7-15-9)10-4-3-5-11(8-10)14-2/h3-5,8-9,13H,6-7H2,1-2H3/t9-,12-/m0/s1. The molecule has 0 amide bonds. The van der Waals surface area contributed by atoms with Crippen molar-refractivity contribution in [1.29, 1.82) is 0 Å². The second kappa shape index (κ2) is 4.06. The van der Waals surface area contributed by atoms with E-state index in [1.807, 2.05) is 36.0 Å². The van der Waals surface area contributed by atoms with Crippen molar-refractivity contribution >= 4 is 11.8 Å². The molecule has 2 nitrogen and oxygen atoms in total. The largest absolute Gasteiger partial charge is 0.497 e. The molecule has 1 fully saturated rings. The number of hydrogen-bond acceptors (Lipinski definition) is 3. The van der Waals surface area contributed by atoms with Crippen LogP contribution in [0.5, 0.6) is 5.75 Å². The fourth-order valence-electron chi connectivity index (χ4n) is 2.00. The number of rotatable bonds is 2. The molecule has 0 radical (unpaired) electrons. The Morgan fingerprint density at radius 2 is 2.33 bits per heavy atom. The molecule has 1 aromatic carbocycles. The first-order valence-electron chi connectivity index (χ1n) is 5.15. The first-order valence-corrected chi connectivity index (χ1v) is 6.20. The van der Waals surface area contributed by atoms with Crippen LogP contribution in [0.1, 0.15) is 18.9 Å². The zero-order valence-corrected chi connectivity index (χ0v) is 9.88. The van der Waals surface area contributed by atoms with E-state index in [4.69, 9.17) is 4.74 Å². The van der Waals surface area contributed by atoms with Gasteiger partial charge in [-0.2, -0.15) is 11.8 Å². The highest BCUT2D eigenvalue weighted by Gasteiger charge is 2.40. The number of methoxy groups -OCH3 is 1. The Kier molecular flexibility index (Phi) is 2.94. The van der Waals surface area contributed by atoms with Gasteiger partial charge in [-0.25, -0.2) is 0 Å². The molecule has 0 aromatic heterocycles. The second-order valence-corrected chi connectivity index (χ2v) is 5.37. The average molecular weight is 224 g/mol. The lowest BCUT2D eigenvalue weighted by molar-refractivity contribution is 0.0425. The fourth-order valence-corrected chi connectivity index (χ4v) is 3.32.